The van der Waals surface area contributed by atoms with E-state index in [2.05, 4.69) is 32.7 Å². The van der Waals surface area contributed by atoms with Crippen molar-refractivity contribution < 1.29 is 9.47 Å². The molecule has 2 N–H and O–H groups in total. The third-order valence-electron chi connectivity index (χ3n) is 6.39. The van der Waals surface area contributed by atoms with E-state index < -0.39 is 0 Å². The lowest BCUT2D eigenvalue weighted by atomic mass is 9.94. The SMILES string of the molecule is CCN1CCCC1CNC(=NCc1nnc(C)n1C)NCC1(OC)CCOCC1.I. The molecule has 0 radical (unpaired) electrons. The summed E-state index contributed by atoms with van der Waals surface area (Å²) in [4.78, 5) is 7.33. The van der Waals surface area contributed by atoms with Gasteiger partial charge in [-0.1, -0.05) is 6.92 Å². The van der Waals surface area contributed by atoms with Crippen molar-refractivity contribution >= 4 is 29.9 Å². The number of rotatable bonds is 8. The van der Waals surface area contributed by atoms with Crippen LogP contribution in [0.25, 0.3) is 0 Å². The molecule has 172 valence electrons. The zero-order chi connectivity index (χ0) is 20.7. The van der Waals surface area contributed by atoms with Crippen LogP contribution in [0.2, 0.25) is 0 Å². The molecule has 2 aliphatic heterocycles. The molecule has 0 bridgehead atoms. The van der Waals surface area contributed by atoms with Crippen LogP contribution >= 0.6 is 24.0 Å². The summed E-state index contributed by atoms with van der Waals surface area (Å²) in [5.41, 5.74) is -0.203. The number of aromatic nitrogens is 3. The van der Waals surface area contributed by atoms with Crippen molar-refractivity contribution in [1.82, 2.24) is 30.3 Å². The average Bonchev–Trinajstić information content (AvgIpc) is 3.34. The summed E-state index contributed by atoms with van der Waals surface area (Å²) >= 11 is 0. The van der Waals surface area contributed by atoms with Crippen molar-refractivity contribution in [3.63, 3.8) is 0 Å². The third-order valence-corrected chi connectivity index (χ3v) is 6.39. The Balaban J connectivity index is 0.00000320. The monoisotopic (exact) mass is 535 g/mol. The first-order chi connectivity index (χ1) is 14.1. The quantitative estimate of drug-likeness (QED) is 0.296. The number of aryl methyl sites for hydroxylation is 1. The smallest absolute Gasteiger partial charge is 0.191 e. The first-order valence-corrected chi connectivity index (χ1v) is 10.8. The normalized spacial score (nSPS) is 22.0. The van der Waals surface area contributed by atoms with Gasteiger partial charge in [-0.2, -0.15) is 0 Å². The van der Waals surface area contributed by atoms with Gasteiger partial charge in [-0.3, -0.25) is 4.90 Å². The van der Waals surface area contributed by atoms with Crippen molar-refractivity contribution in [3.8, 4) is 0 Å². The minimum absolute atomic E-state index is 0. The highest BCUT2D eigenvalue weighted by Gasteiger charge is 2.32. The molecule has 0 aliphatic carbocycles. The number of nitrogens with zero attached hydrogens (tertiary/aromatic N) is 5. The summed E-state index contributed by atoms with van der Waals surface area (Å²) in [5, 5.41) is 15.4. The molecule has 1 unspecified atom stereocenters. The van der Waals surface area contributed by atoms with Crippen molar-refractivity contribution in [1.29, 1.82) is 0 Å². The number of aliphatic imine (C=N–C) groups is 1. The Morgan fingerprint density at radius 2 is 2.07 bits per heavy atom. The maximum atomic E-state index is 5.87. The van der Waals surface area contributed by atoms with E-state index >= 15 is 0 Å². The highest BCUT2D eigenvalue weighted by Crippen LogP contribution is 2.23. The number of likely N-dealkylation sites (N-methyl/N-ethyl adjacent to an activating group) is 1. The molecule has 3 rings (SSSR count). The number of likely N-dealkylation sites (tertiary alicyclic amines) is 1. The Hall–Kier alpha value is -0.980. The Morgan fingerprint density at radius 3 is 2.70 bits per heavy atom. The maximum Gasteiger partial charge on any atom is 0.191 e. The number of ether oxygens (including phenoxy) is 2. The van der Waals surface area contributed by atoms with E-state index in [4.69, 9.17) is 14.5 Å². The topological polar surface area (TPSA) is 88.8 Å². The molecular weight excluding hydrogens is 497 g/mol. The zero-order valence-corrected chi connectivity index (χ0v) is 21.1. The minimum atomic E-state index is -0.203. The van der Waals surface area contributed by atoms with Gasteiger partial charge in [0.25, 0.3) is 0 Å². The van der Waals surface area contributed by atoms with Gasteiger partial charge >= 0.3 is 0 Å². The molecule has 1 aromatic rings. The molecule has 1 aromatic heterocycles. The van der Waals surface area contributed by atoms with E-state index in [1.165, 1.54) is 19.4 Å². The van der Waals surface area contributed by atoms with Gasteiger partial charge in [0, 0.05) is 59.3 Å². The van der Waals surface area contributed by atoms with Crippen molar-refractivity contribution in [2.45, 2.75) is 57.7 Å². The standard InChI is InChI=1S/C20H37N7O2.HI/c1-5-27-10-6-7-17(27)13-21-19(22-14-18-25-24-16(2)26(18)3)23-15-20(28-4)8-11-29-12-9-20;/h17H,5-15H2,1-4H3,(H2,21,22,23);1H. The van der Waals surface area contributed by atoms with Crippen LogP contribution in [0.1, 0.15) is 44.3 Å². The fourth-order valence-corrected chi connectivity index (χ4v) is 4.11. The molecule has 3 heterocycles. The molecule has 0 spiro atoms. The lowest BCUT2D eigenvalue weighted by molar-refractivity contribution is -0.0855. The van der Waals surface area contributed by atoms with E-state index in [1.807, 2.05) is 18.5 Å². The van der Waals surface area contributed by atoms with Crippen LogP contribution in [0.15, 0.2) is 4.99 Å². The van der Waals surface area contributed by atoms with Crippen LogP contribution in [0.5, 0.6) is 0 Å². The fraction of sp³-hybridized carbons (Fsp3) is 0.850. The van der Waals surface area contributed by atoms with Gasteiger partial charge in [0.05, 0.1) is 5.60 Å². The van der Waals surface area contributed by atoms with E-state index in [-0.39, 0.29) is 29.6 Å². The third kappa shape index (κ3) is 6.51. The van der Waals surface area contributed by atoms with Crippen molar-refractivity contribution in [3.05, 3.63) is 11.6 Å². The number of guanidine groups is 1. The second kappa shape index (κ2) is 12.2. The summed E-state index contributed by atoms with van der Waals surface area (Å²) in [5.74, 6) is 2.55. The second-order valence-corrected chi connectivity index (χ2v) is 8.05. The second-order valence-electron chi connectivity index (χ2n) is 8.05. The molecule has 1 atom stereocenters. The van der Waals surface area contributed by atoms with Gasteiger partial charge in [-0.05, 0) is 32.9 Å². The predicted molar refractivity (Wildman–Crippen MR) is 128 cm³/mol. The molecule has 10 heteroatoms. The van der Waals surface area contributed by atoms with Crippen LogP contribution < -0.4 is 10.6 Å². The van der Waals surface area contributed by atoms with Gasteiger partial charge in [0.1, 0.15) is 12.4 Å². The van der Waals surface area contributed by atoms with Crippen LogP contribution in [-0.4, -0.2) is 83.8 Å². The maximum absolute atomic E-state index is 5.87. The van der Waals surface area contributed by atoms with E-state index in [1.54, 1.807) is 7.11 Å². The molecule has 2 saturated heterocycles. The van der Waals surface area contributed by atoms with Gasteiger partial charge in [-0.25, -0.2) is 4.99 Å². The van der Waals surface area contributed by atoms with Gasteiger partial charge in [-0.15, -0.1) is 34.2 Å². The molecule has 0 amide bonds. The summed E-state index contributed by atoms with van der Waals surface area (Å²) in [6, 6.07) is 0.559. The predicted octanol–water partition coefficient (Wildman–Crippen LogP) is 1.46. The molecule has 0 saturated carbocycles. The Morgan fingerprint density at radius 1 is 1.30 bits per heavy atom. The lowest BCUT2D eigenvalue weighted by Gasteiger charge is -2.36. The van der Waals surface area contributed by atoms with Crippen LogP contribution in [-0.2, 0) is 23.1 Å². The average molecular weight is 535 g/mol. The molecule has 9 nitrogen and oxygen atoms in total. The van der Waals surface area contributed by atoms with Crippen LogP contribution in [0.3, 0.4) is 0 Å². The van der Waals surface area contributed by atoms with Crippen LogP contribution in [0.4, 0.5) is 0 Å². The van der Waals surface area contributed by atoms with Gasteiger partial charge in [0.2, 0.25) is 0 Å². The van der Waals surface area contributed by atoms with Crippen molar-refractivity contribution in [2.75, 3.05) is 46.5 Å². The molecule has 2 fully saturated rings. The highest BCUT2D eigenvalue weighted by molar-refractivity contribution is 14.0. The van der Waals surface area contributed by atoms with E-state index in [9.17, 15) is 0 Å². The summed E-state index contributed by atoms with van der Waals surface area (Å²) in [6.45, 7) is 10.0. The Kier molecular flexibility index (Phi) is 10.2. The number of nitrogens with one attached hydrogen (secondary N) is 2. The summed E-state index contributed by atoms with van der Waals surface area (Å²) in [6.07, 6.45) is 4.28. The van der Waals surface area contributed by atoms with Crippen LogP contribution in [0, 0.1) is 6.92 Å². The first kappa shape index (κ1) is 25.3. The van der Waals surface area contributed by atoms with E-state index in [0.717, 1.165) is 56.8 Å². The Bertz CT molecular complexity index is 676. The highest BCUT2D eigenvalue weighted by atomic mass is 127. The summed E-state index contributed by atoms with van der Waals surface area (Å²) < 4.78 is 13.4. The number of halogens is 1. The Labute approximate surface area is 197 Å². The summed E-state index contributed by atoms with van der Waals surface area (Å²) in [7, 11) is 3.76. The van der Waals surface area contributed by atoms with E-state index in [0.29, 0.717) is 19.1 Å². The minimum Gasteiger partial charge on any atom is -0.381 e. The molecule has 30 heavy (non-hydrogen) atoms. The number of hydrogen-bond acceptors (Lipinski definition) is 6. The molecule has 2 aliphatic rings. The van der Waals surface area contributed by atoms with Gasteiger partial charge < -0.3 is 24.7 Å². The first-order valence-electron chi connectivity index (χ1n) is 10.8. The van der Waals surface area contributed by atoms with Gasteiger partial charge in [0.15, 0.2) is 11.8 Å². The zero-order valence-electron chi connectivity index (χ0n) is 18.8. The largest absolute Gasteiger partial charge is 0.381 e. The van der Waals surface area contributed by atoms with Crippen molar-refractivity contribution in [2.24, 2.45) is 12.0 Å². The molecule has 0 aromatic carbocycles. The lowest BCUT2D eigenvalue weighted by Crippen LogP contribution is -2.52. The number of methoxy groups -OCH3 is 1. The number of hydrogen-bond donors (Lipinski definition) is 2. The fourth-order valence-electron chi connectivity index (χ4n) is 4.11. The molecular formula is C20H38IN7O2.